The fourth-order valence-corrected chi connectivity index (χ4v) is 3.42. The number of amides is 1. The van der Waals surface area contributed by atoms with Crippen molar-refractivity contribution in [2.75, 3.05) is 13.2 Å². The molecular weight excluding hydrogens is 446 g/mol. The topological polar surface area (TPSA) is 94.1 Å². The van der Waals surface area contributed by atoms with Gasteiger partial charge in [0.1, 0.15) is 17.2 Å². The molecule has 0 radical (unpaired) electrons. The summed E-state index contributed by atoms with van der Waals surface area (Å²) in [5, 5.41) is 12.1. The average molecular weight is 478 g/mol. The maximum Gasteiger partial charge on any atom is 0.333 e. The highest BCUT2D eigenvalue weighted by Crippen LogP contribution is 2.21. The second kappa shape index (κ2) is 13.2. The van der Waals surface area contributed by atoms with Gasteiger partial charge in [-0.2, -0.15) is 0 Å². The van der Waals surface area contributed by atoms with E-state index in [0.29, 0.717) is 25.3 Å². The first-order chi connectivity index (χ1) is 16.9. The van der Waals surface area contributed by atoms with E-state index in [4.69, 9.17) is 14.2 Å². The van der Waals surface area contributed by atoms with E-state index in [1.807, 2.05) is 54.6 Å². The first-order valence-corrected chi connectivity index (χ1v) is 11.6. The van der Waals surface area contributed by atoms with E-state index >= 15 is 0 Å². The third-order valence-electron chi connectivity index (χ3n) is 5.28. The monoisotopic (exact) mass is 477 g/mol. The molecule has 184 valence electrons. The first-order valence-electron chi connectivity index (χ1n) is 11.6. The molecule has 2 atom stereocenters. The van der Waals surface area contributed by atoms with Crippen LogP contribution in [0.5, 0.6) is 17.2 Å². The van der Waals surface area contributed by atoms with E-state index in [0.717, 1.165) is 22.6 Å². The molecule has 0 aliphatic carbocycles. The Morgan fingerprint density at radius 2 is 1.46 bits per heavy atom. The van der Waals surface area contributed by atoms with Crippen LogP contribution in [-0.2, 0) is 27.2 Å². The molecule has 1 amide bonds. The van der Waals surface area contributed by atoms with Crippen LogP contribution in [0.2, 0.25) is 0 Å². The number of benzene rings is 3. The third-order valence-corrected chi connectivity index (χ3v) is 5.28. The molecule has 35 heavy (non-hydrogen) atoms. The highest BCUT2D eigenvalue weighted by molar-refractivity contribution is 5.80. The molecule has 2 N–H and O–H groups in total. The molecule has 0 spiro atoms. The molecule has 3 aromatic rings. The van der Waals surface area contributed by atoms with Gasteiger partial charge in [0.15, 0.2) is 12.2 Å². The number of nitrogens with one attached hydrogen (secondary N) is 1. The Balaban J connectivity index is 1.41. The van der Waals surface area contributed by atoms with Gasteiger partial charge in [-0.1, -0.05) is 42.5 Å². The van der Waals surface area contributed by atoms with Crippen LogP contribution in [0.1, 0.15) is 25.0 Å². The number of rotatable bonds is 13. The molecule has 0 bridgehead atoms. The van der Waals surface area contributed by atoms with E-state index in [1.54, 1.807) is 38.1 Å². The number of hydrogen-bond donors (Lipinski definition) is 2. The minimum absolute atomic E-state index is 0.208. The van der Waals surface area contributed by atoms with Gasteiger partial charge in [-0.25, -0.2) is 4.79 Å². The van der Waals surface area contributed by atoms with Gasteiger partial charge >= 0.3 is 5.97 Å². The Labute approximate surface area is 205 Å². The second-order valence-corrected chi connectivity index (χ2v) is 7.99. The van der Waals surface area contributed by atoms with E-state index in [1.165, 1.54) is 0 Å². The van der Waals surface area contributed by atoms with E-state index < -0.39 is 18.2 Å². The molecule has 0 saturated carbocycles. The number of ether oxygens (including phenoxy) is 3. The molecule has 7 heteroatoms. The van der Waals surface area contributed by atoms with Crippen LogP contribution in [-0.4, -0.2) is 42.3 Å². The molecule has 0 aliphatic rings. The summed E-state index contributed by atoms with van der Waals surface area (Å²) in [6, 6.07) is 24.4. The van der Waals surface area contributed by atoms with E-state index in [-0.39, 0.29) is 12.3 Å². The molecule has 0 fully saturated rings. The summed E-state index contributed by atoms with van der Waals surface area (Å²) in [6.45, 7) is 4.27. The lowest BCUT2D eigenvalue weighted by atomic mass is 10.1. The Morgan fingerprint density at radius 3 is 2.09 bits per heavy atom. The predicted octanol–water partition coefficient (Wildman–Crippen LogP) is 4.64. The van der Waals surface area contributed by atoms with Crippen molar-refractivity contribution in [2.45, 2.75) is 38.9 Å². The number of aliphatic carboxylic acids is 1. The van der Waals surface area contributed by atoms with Gasteiger partial charge in [0.05, 0.1) is 0 Å². The van der Waals surface area contributed by atoms with Crippen molar-refractivity contribution in [2.24, 2.45) is 0 Å². The highest BCUT2D eigenvalue weighted by atomic mass is 16.5. The number of carboxylic acids is 1. The maximum atomic E-state index is 12.4. The van der Waals surface area contributed by atoms with Crippen molar-refractivity contribution in [1.82, 2.24) is 5.32 Å². The summed E-state index contributed by atoms with van der Waals surface area (Å²) < 4.78 is 16.8. The van der Waals surface area contributed by atoms with Gasteiger partial charge in [-0.15, -0.1) is 0 Å². The Morgan fingerprint density at radius 1 is 0.857 bits per heavy atom. The molecule has 0 heterocycles. The Bertz CT molecular complexity index is 1070. The van der Waals surface area contributed by atoms with Gasteiger partial charge < -0.3 is 24.6 Å². The van der Waals surface area contributed by atoms with Gasteiger partial charge in [0, 0.05) is 19.6 Å². The van der Waals surface area contributed by atoms with Gasteiger partial charge in [0.2, 0.25) is 0 Å². The Hall–Kier alpha value is -3.84. The maximum absolute atomic E-state index is 12.4. The van der Waals surface area contributed by atoms with Crippen molar-refractivity contribution in [3.05, 3.63) is 90.0 Å². The van der Waals surface area contributed by atoms with Gasteiger partial charge in [-0.3, -0.25) is 4.79 Å². The molecule has 7 nitrogen and oxygen atoms in total. The zero-order valence-corrected chi connectivity index (χ0v) is 20.0. The minimum Gasteiger partial charge on any atom is -0.481 e. The third kappa shape index (κ3) is 8.46. The highest BCUT2D eigenvalue weighted by Gasteiger charge is 2.18. The number of carboxylic acid groups (broad SMARTS) is 1. The summed E-state index contributed by atoms with van der Waals surface area (Å²) in [6.07, 6.45) is -0.607. The zero-order chi connectivity index (χ0) is 25.0. The lowest BCUT2D eigenvalue weighted by molar-refractivity contribution is -0.150. The van der Waals surface area contributed by atoms with Crippen molar-refractivity contribution in [1.29, 1.82) is 0 Å². The number of carbonyl (C=O) groups excluding carboxylic acids is 1. The van der Waals surface area contributed by atoms with Crippen LogP contribution >= 0.6 is 0 Å². The van der Waals surface area contributed by atoms with Crippen molar-refractivity contribution < 1.29 is 28.9 Å². The second-order valence-electron chi connectivity index (χ2n) is 7.99. The normalized spacial score (nSPS) is 12.4. The molecule has 3 aromatic carbocycles. The van der Waals surface area contributed by atoms with Crippen LogP contribution in [0.3, 0.4) is 0 Å². The fourth-order valence-electron chi connectivity index (χ4n) is 3.42. The van der Waals surface area contributed by atoms with Crippen LogP contribution in [0.25, 0.3) is 0 Å². The van der Waals surface area contributed by atoms with Crippen LogP contribution in [0.4, 0.5) is 0 Å². The summed E-state index contributed by atoms with van der Waals surface area (Å²) in [5.41, 5.74) is 1.90. The summed E-state index contributed by atoms with van der Waals surface area (Å²) >= 11 is 0. The van der Waals surface area contributed by atoms with Crippen molar-refractivity contribution in [3.8, 4) is 17.2 Å². The summed E-state index contributed by atoms with van der Waals surface area (Å²) in [7, 11) is 0. The van der Waals surface area contributed by atoms with Crippen molar-refractivity contribution >= 4 is 11.9 Å². The van der Waals surface area contributed by atoms with E-state index in [9.17, 15) is 14.7 Å². The fraction of sp³-hybridized carbons (Fsp3) is 0.286. The SMILES string of the molecule is CCOC(Cc1ccc(O[C@@H](C)C(=O)NCCc2ccc(Oc3ccccc3)cc2)cc1)C(=O)O. The van der Waals surface area contributed by atoms with Crippen LogP contribution < -0.4 is 14.8 Å². The van der Waals surface area contributed by atoms with Crippen LogP contribution in [0, 0.1) is 0 Å². The summed E-state index contributed by atoms with van der Waals surface area (Å²) in [5.74, 6) is 0.877. The van der Waals surface area contributed by atoms with Gasteiger partial charge in [0.25, 0.3) is 5.91 Å². The smallest absolute Gasteiger partial charge is 0.333 e. The quantitative estimate of drug-likeness (QED) is 0.373. The van der Waals surface area contributed by atoms with E-state index in [2.05, 4.69) is 5.32 Å². The number of hydrogen-bond acceptors (Lipinski definition) is 5. The molecular formula is C28H31NO6. The lowest BCUT2D eigenvalue weighted by Gasteiger charge is -2.16. The predicted molar refractivity (Wildman–Crippen MR) is 133 cm³/mol. The number of carbonyl (C=O) groups is 2. The molecule has 0 aliphatic heterocycles. The standard InChI is InChI=1S/C28H31NO6/c1-3-33-26(28(31)32)19-22-11-15-24(16-12-22)34-20(2)27(30)29-18-17-21-9-13-25(14-10-21)35-23-7-5-4-6-8-23/h4-16,20,26H,3,17-19H2,1-2H3,(H,29,30)(H,31,32)/t20-,26?/m0/s1. The first kappa shape index (κ1) is 25.8. The largest absolute Gasteiger partial charge is 0.481 e. The minimum atomic E-state index is -0.992. The van der Waals surface area contributed by atoms with Gasteiger partial charge in [-0.05, 0) is 67.8 Å². The molecule has 0 aromatic heterocycles. The number of para-hydroxylation sites is 1. The molecule has 3 rings (SSSR count). The molecule has 0 saturated heterocycles. The lowest BCUT2D eigenvalue weighted by Crippen LogP contribution is -2.37. The molecule has 1 unspecified atom stereocenters. The zero-order valence-electron chi connectivity index (χ0n) is 20.0. The van der Waals surface area contributed by atoms with Crippen LogP contribution in [0.15, 0.2) is 78.9 Å². The summed E-state index contributed by atoms with van der Waals surface area (Å²) in [4.78, 5) is 23.7. The van der Waals surface area contributed by atoms with Crippen molar-refractivity contribution in [3.63, 3.8) is 0 Å². The average Bonchev–Trinajstić information content (AvgIpc) is 2.86. The Kier molecular flexibility index (Phi) is 9.69.